The van der Waals surface area contributed by atoms with Crippen LogP contribution in [0, 0.1) is 11.3 Å². The summed E-state index contributed by atoms with van der Waals surface area (Å²) in [5, 5.41) is 23.9. The van der Waals surface area contributed by atoms with E-state index < -0.39 is 0 Å². The van der Waals surface area contributed by atoms with Crippen LogP contribution in [0.2, 0.25) is 0 Å². The molecule has 0 saturated heterocycles. The van der Waals surface area contributed by atoms with Gasteiger partial charge in [-0.05, 0) is 24.6 Å². The first-order valence-corrected chi connectivity index (χ1v) is 6.85. The van der Waals surface area contributed by atoms with Gasteiger partial charge in [0.1, 0.15) is 5.82 Å². The first-order valence-electron chi connectivity index (χ1n) is 6.85. The van der Waals surface area contributed by atoms with E-state index in [9.17, 15) is 4.79 Å². The highest BCUT2D eigenvalue weighted by molar-refractivity contribution is 6.08. The zero-order valence-corrected chi connectivity index (χ0v) is 12.2. The van der Waals surface area contributed by atoms with E-state index in [0.29, 0.717) is 22.6 Å². The Labute approximate surface area is 126 Å². The van der Waals surface area contributed by atoms with Crippen molar-refractivity contribution in [2.45, 2.75) is 13.3 Å². The van der Waals surface area contributed by atoms with E-state index in [1.54, 1.807) is 28.9 Å². The van der Waals surface area contributed by atoms with E-state index in [2.05, 4.69) is 20.6 Å². The average Bonchev–Trinajstić information content (AvgIpc) is 3.09. The largest absolute Gasteiger partial charge is 0.306 e. The van der Waals surface area contributed by atoms with Gasteiger partial charge in [-0.2, -0.15) is 15.5 Å². The van der Waals surface area contributed by atoms with Crippen molar-refractivity contribution >= 4 is 22.8 Å². The number of aromatic amines is 1. The number of aromatic nitrogens is 4. The summed E-state index contributed by atoms with van der Waals surface area (Å²) in [4.78, 5) is 12.3. The lowest BCUT2D eigenvalue weighted by Crippen LogP contribution is -2.12. The van der Waals surface area contributed by atoms with Crippen molar-refractivity contribution in [3.63, 3.8) is 0 Å². The van der Waals surface area contributed by atoms with E-state index in [0.717, 1.165) is 17.5 Å². The third-order valence-corrected chi connectivity index (χ3v) is 3.44. The highest BCUT2D eigenvalue weighted by Gasteiger charge is 2.17. The Kier molecular flexibility index (Phi) is 3.35. The molecule has 7 heteroatoms. The Balaban J connectivity index is 1.96. The second-order valence-electron chi connectivity index (χ2n) is 4.87. The highest BCUT2D eigenvalue weighted by atomic mass is 16.1. The number of benzene rings is 1. The minimum atomic E-state index is -0.298. The normalized spacial score (nSPS) is 10.6. The Morgan fingerprint density at radius 2 is 2.32 bits per heavy atom. The third-order valence-electron chi connectivity index (χ3n) is 3.44. The standard InChI is InChI=1S/C15H14N6O/c1-3-11-12-13(18-19-14(12)21(2)20-11)17-15(22)10-6-4-5-9(7-10)8-16/h4-7H,3H2,1-2H3,(H2,17,18,19,22). The lowest BCUT2D eigenvalue weighted by molar-refractivity contribution is 0.102. The van der Waals surface area contributed by atoms with Crippen molar-refractivity contribution in [2.75, 3.05) is 5.32 Å². The lowest BCUT2D eigenvalue weighted by atomic mass is 10.1. The van der Waals surface area contributed by atoms with Gasteiger partial charge in [0, 0.05) is 12.6 Å². The number of nitrogens with one attached hydrogen (secondary N) is 2. The third kappa shape index (κ3) is 2.20. The molecule has 22 heavy (non-hydrogen) atoms. The smallest absolute Gasteiger partial charge is 0.256 e. The quantitative estimate of drug-likeness (QED) is 0.771. The zero-order valence-electron chi connectivity index (χ0n) is 12.2. The van der Waals surface area contributed by atoms with E-state index in [4.69, 9.17) is 5.26 Å². The van der Waals surface area contributed by atoms with Crippen molar-refractivity contribution < 1.29 is 4.79 Å². The second kappa shape index (κ2) is 5.33. The van der Waals surface area contributed by atoms with Gasteiger partial charge in [-0.25, -0.2) is 4.68 Å². The molecule has 7 nitrogen and oxygen atoms in total. The molecular formula is C15H14N6O. The molecule has 3 aromatic rings. The molecule has 0 aliphatic heterocycles. The average molecular weight is 294 g/mol. The Morgan fingerprint density at radius 1 is 1.50 bits per heavy atom. The van der Waals surface area contributed by atoms with Crippen LogP contribution in [0.1, 0.15) is 28.5 Å². The number of H-pyrrole nitrogens is 1. The fourth-order valence-corrected chi connectivity index (χ4v) is 2.37. The molecule has 0 spiro atoms. The first-order chi connectivity index (χ1) is 10.6. The monoisotopic (exact) mass is 294 g/mol. The van der Waals surface area contributed by atoms with Crippen LogP contribution in [0.15, 0.2) is 24.3 Å². The number of aryl methyl sites for hydroxylation is 2. The lowest BCUT2D eigenvalue weighted by Gasteiger charge is -2.03. The summed E-state index contributed by atoms with van der Waals surface area (Å²) in [5.41, 5.74) is 2.42. The Bertz CT molecular complexity index is 899. The SMILES string of the molecule is CCc1nn(C)c2n[nH]c(NC(=O)c3cccc(C#N)c3)c12. The molecule has 0 fully saturated rings. The fourth-order valence-electron chi connectivity index (χ4n) is 2.37. The van der Waals surface area contributed by atoms with E-state index in [1.807, 2.05) is 20.0 Å². The summed E-state index contributed by atoms with van der Waals surface area (Å²) in [6.07, 6.45) is 0.740. The molecule has 0 saturated carbocycles. The molecule has 1 amide bonds. The molecule has 2 aromatic heterocycles. The first kappa shape index (κ1) is 13.8. The summed E-state index contributed by atoms with van der Waals surface area (Å²) < 4.78 is 1.68. The second-order valence-corrected chi connectivity index (χ2v) is 4.87. The van der Waals surface area contributed by atoms with Crippen molar-refractivity contribution in [2.24, 2.45) is 7.05 Å². The molecule has 0 unspecified atom stereocenters. The predicted molar refractivity (Wildman–Crippen MR) is 81.3 cm³/mol. The molecule has 0 bridgehead atoms. The number of fused-ring (bicyclic) bond motifs is 1. The number of carbonyl (C=O) groups excluding carboxylic acids is 1. The molecular weight excluding hydrogens is 280 g/mol. The number of hydrogen-bond acceptors (Lipinski definition) is 4. The van der Waals surface area contributed by atoms with Crippen LogP contribution in [-0.4, -0.2) is 25.9 Å². The van der Waals surface area contributed by atoms with Gasteiger partial charge in [0.2, 0.25) is 0 Å². The van der Waals surface area contributed by atoms with Gasteiger partial charge < -0.3 is 5.32 Å². The fraction of sp³-hybridized carbons (Fsp3) is 0.200. The molecule has 0 aliphatic rings. The highest BCUT2D eigenvalue weighted by Crippen LogP contribution is 2.24. The van der Waals surface area contributed by atoms with Gasteiger partial charge in [-0.3, -0.25) is 9.89 Å². The molecule has 2 heterocycles. The minimum Gasteiger partial charge on any atom is -0.306 e. The predicted octanol–water partition coefficient (Wildman–Crippen LogP) is 1.98. The number of carbonyl (C=O) groups is 1. The van der Waals surface area contributed by atoms with Crippen molar-refractivity contribution in [1.29, 1.82) is 5.26 Å². The van der Waals surface area contributed by atoms with E-state index >= 15 is 0 Å². The molecule has 0 aliphatic carbocycles. The van der Waals surface area contributed by atoms with Gasteiger partial charge in [0.15, 0.2) is 5.65 Å². The van der Waals surface area contributed by atoms with Crippen molar-refractivity contribution in [3.05, 3.63) is 41.1 Å². The van der Waals surface area contributed by atoms with Crippen LogP contribution >= 0.6 is 0 Å². The van der Waals surface area contributed by atoms with Gasteiger partial charge >= 0.3 is 0 Å². The molecule has 1 aromatic carbocycles. The van der Waals surface area contributed by atoms with Gasteiger partial charge in [-0.15, -0.1) is 0 Å². The van der Waals surface area contributed by atoms with Gasteiger partial charge in [0.05, 0.1) is 22.7 Å². The Morgan fingerprint density at radius 3 is 3.05 bits per heavy atom. The van der Waals surface area contributed by atoms with Crippen LogP contribution < -0.4 is 5.32 Å². The molecule has 0 radical (unpaired) electrons. The van der Waals surface area contributed by atoms with Crippen LogP contribution in [0.5, 0.6) is 0 Å². The molecule has 2 N–H and O–H groups in total. The summed E-state index contributed by atoms with van der Waals surface area (Å²) >= 11 is 0. The molecule has 3 rings (SSSR count). The number of nitrogens with zero attached hydrogens (tertiary/aromatic N) is 4. The molecule has 110 valence electrons. The van der Waals surface area contributed by atoms with Crippen molar-refractivity contribution in [1.82, 2.24) is 20.0 Å². The number of amides is 1. The summed E-state index contributed by atoms with van der Waals surface area (Å²) in [6, 6.07) is 8.56. The van der Waals surface area contributed by atoms with E-state index in [1.165, 1.54) is 0 Å². The number of rotatable bonds is 3. The van der Waals surface area contributed by atoms with Crippen molar-refractivity contribution in [3.8, 4) is 6.07 Å². The number of anilines is 1. The molecule has 0 atom stereocenters. The summed E-state index contributed by atoms with van der Waals surface area (Å²) in [6.45, 7) is 2.00. The van der Waals surface area contributed by atoms with Crippen LogP contribution in [-0.2, 0) is 13.5 Å². The zero-order chi connectivity index (χ0) is 15.7. The topological polar surface area (TPSA) is 99.4 Å². The number of hydrogen-bond donors (Lipinski definition) is 2. The van der Waals surface area contributed by atoms with Crippen LogP contribution in [0.3, 0.4) is 0 Å². The summed E-state index contributed by atoms with van der Waals surface area (Å²) in [7, 11) is 1.81. The maximum atomic E-state index is 12.3. The number of nitriles is 1. The van der Waals surface area contributed by atoms with Gasteiger partial charge in [-0.1, -0.05) is 13.0 Å². The maximum Gasteiger partial charge on any atom is 0.256 e. The van der Waals surface area contributed by atoms with Gasteiger partial charge in [0.25, 0.3) is 5.91 Å². The van der Waals surface area contributed by atoms with E-state index in [-0.39, 0.29) is 5.91 Å². The summed E-state index contributed by atoms with van der Waals surface area (Å²) in [5.74, 6) is 0.223. The minimum absolute atomic E-state index is 0.298. The van der Waals surface area contributed by atoms with Crippen LogP contribution in [0.25, 0.3) is 11.0 Å². The Hall–Kier alpha value is -3.14. The maximum absolute atomic E-state index is 12.3. The van der Waals surface area contributed by atoms with Crippen LogP contribution in [0.4, 0.5) is 5.82 Å².